The largest absolute Gasteiger partial charge is 0.333 e. The second-order valence-electron chi connectivity index (χ2n) is 10.5. The highest BCUT2D eigenvalue weighted by molar-refractivity contribution is 5.90. The predicted molar refractivity (Wildman–Crippen MR) is 97.1 cm³/mol. The molecule has 0 aromatic heterocycles. The van der Waals surface area contributed by atoms with Gasteiger partial charge in [-0.3, -0.25) is 4.99 Å². The molecule has 0 aromatic rings. The molecule has 2 aliphatic heterocycles. The van der Waals surface area contributed by atoms with E-state index >= 15 is 0 Å². The number of aliphatic imine (C=N–C) groups is 1. The third-order valence-corrected chi connectivity index (χ3v) is 4.75. The normalized spacial score (nSPS) is 27.2. The number of fused-ring (bicyclic) bond motifs is 1. The molecular formula is C20H36N2. The summed E-state index contributed by atoms with van der Waals surface area (Å²) in [7, 11) is 0. The first-order chi connectivity index (χ1) is 9.73. The van der Waals surface area contributed by atoms with Gasteiger partial charge in [-0.25, -0.2) is 0 Å². The van der Waals surface area contributed by atoms with E-state index in [-0.39, 0.29) is 16.2 Å². The van der Waals surface area contributed by atoms with Gasteiger partial charge in [0.2, 0.25) is 0 Å². The van der Waals surface area contributed by atoms with Gasteiger partial charge in [-0.2, -0.15) is 0 Å². The maximum absolute atomic E-state index is 5.33. The van der Waals surface area contributed by atoms with Crippen molar-refractivity contribution in [2.75, 3.05) is 6.54 Å². The molecule has 1 fully saturated rings. The Bertz CT molecular complexity index is 503. The van der Waals surface area contributed by atoms with Crippen LogP contribution in [0.25, 0.3) is 0 Å². The molecule has 0 bridgehead atoms. The van der Waals surface area contributed by atoms with Gasteiger partial charge < -0.3 is 4.90 Å². The smallest absolute Gasteiger partial charge is 0.109 e. The summed E-state index contributed by atoms with van der Waals surface area (Å²) < 4.78 is 0. The van der Waals surface area contributed by atoms with Gasteiger partial charge >= 0.3 is 0 Å². The molecule has 0 amide bonds. The van der Waals surface area contributed by atoms with E-state index in [1.165, 1.54) is 12.3 Å². The average molecular weight is 305 g/mol. The molecular weight excluding hydrogens is 268 g/mol. The Morgan fingerprint density at radius 2 is 1.45 bits per heavy atom. The second kappa shape index (κ2) is 5.11. The van der Waals surface area contributed by atoms with Crippen LogP contribution in [-0.4, -0.2) is 23.3 Å². The molecule has 0 unspecified atom stereocenters. The van der Waals surface area contributed by atoms with Crippen LogP contribution in [0.4, 0.5) is 0 Å². The molecule has 2 heterocycles. The summed E-state index contributed by atoms with van der Waals surface area (Å²) in [4.78, 5) is 7.88. The summed E-state index contributed by atoms with van der Waals surface area (Å²) >= 11 is 0. The fraction of sp³-hybridized carbons (Fsp3) is 0.850. The monoisotopic (exact) mass is 304 g/mol. The third kappa shape index (κ3) is 3.12. The molecule has 0 spiro atoms. The van der Waals surface area contributed by atoms with Gasteiger partial charge in [-0.05, 0) is 28.7 Å². The molecule has 2 aliphatic rings. The van der Waals surface area contributed by atoms with E-state index in [1.807, 2.05) is 0 Å². The van der Waals surface area contributed by atoms with Gasteiger partial charge in [0.25, 0.3) is 0 Å². The Morgan fingerprint density at radius 3 is 1.86 bits per heavy atom. The fourth-order valence-electron chi connectivity index (χ4n) is 3.88. The zero-order valence-corrected chi connectivity index (χ0v) is 16.5. The molecule has 2 nitrogen and oxygen atoms in total. The molecule has 1 saturated heterocycles. The summed E-state index contributed by atoms with van der Waals surface area (Å²) in [6.07, 6.45) is 1.20. The number of nitrogens with zero attached hydrogens (tertiary/aromatic N) is 2. The number of hydrogen-bond acceptors (Lipinski definition) is 2. The lowest BCUT2D eigenvalue weighted by molar-refractivity contribution is 0.285. The van der Waals surface area contributed by atoms with Gasteiger partial charge in [-0.15, -0.1) is 0 Å². The zero-order valence-electron chi connectivity index (χ0n) is 16.5. The van der Waals surface area contributed by atoms with Crippen molar-refractivity contribution < 1.29 is 0 Å². The molecule has 0 radical (unpaired) electrons. The van der Waals surface area contributed by atoms with Crippen molar-refractivity contribution in [2.45, 2.75) is 81.7 Å². The lowest BCUT2D eigenvalue weighted by Crippen LogP contribution is -2.46. The second-order valence-corrected chi connectivity index (χ2v) is 10.5. The Morgan fingerprint density at radius 1 is 0.909 bits per heavy atom. The Labute approximate surface area is 138 Å². The van der Waals surface area contributed by atoms with Crippen LogP contribution < -0.4 is 0 Å². The van der Waals surface area contributed by atoms with Crippen LogP contribution in [0.2, 0.25) is 0 Å². The van der Waals surface area contributed by atoms with Crippen LogP contribution in [0, 0.1) is 22.2 Å². The van der Waals surface area contributed by atoms with E-state index in [2.05, 4.69) is 74.1 Å². The molecule has 0 N–H and O–H groups in total. The fourth-order valence-corrected chi connectivity index (χ4v) is 3.88. The van der Waals surface area contributed by atoms with Crippen molar-refractivity contribution >= 4 is 5.84 Å². The summed E-state index contributed by atoms with van der Waals surface area (Å²) in [5, 5.41) is 0. The van der Waals surface area contributed by atoms with Crippen LogP contribution >= 0.6 is 0 Å². The lowest BCUT2D eigenvalue weighted by atomic mass is 9.70. The summed E-state index contributed by atoms with van der Waals surface area (Å²) in [5.74, 6) is 2.01. The van der Waals surface area contributed by atoms with Gasteiger partial charge in [-0.1, -0.05) is 69.2 Å². The van der Waals surface area contributed by atoms with E-state index in [0.717, 1.165) is 12.5 Å². The van der Waals surface area contributed by atoms with Crippen molar-refractivity contribution in [3.05, 3.63) is 11.3 Å². The van der Waals surface area contributed by atoms with E-state index in [0.29, 0.717) is 6.04 Å². The van der Waals surface area contributed by atoms with Gasteiger partial charge in [0.1, 0.15) is 5.84 Å². The predicted octanol–water partition coefficient (Wildman–Crippen LogP) is 5.50. The number of hydrogen-bond donors (Lipinski definition) is 0. The SMILES string of the molecule is C[C@@H]1CC2=C(C(C)(C)C)[C@@H](C(C)(C)C)N=C(C(C)(C)C)N2C1. The Hall–Kier alpha value is -0.790. The van der Waals surface area contributed by atoms with Gasteiger partial charge in [0.15, 0.2) is 0 Å². The first-order valence-corrected chi connectivity index (χ1v) is 8.82. The van der Waals surface area contributed by atoms with Crippen LogP contribution in [-0.2, 0) is 0 Å². The third-order valence-electron chi connectivity index (χ3n) is 4.75. The van der Waals surface area contributed by atoms with Gasteiger partial charge in [0.05, 0.1) is 6.04 Å². The minimum absolute atomic E-state index is 0.0994. The topological polar surface area (TPSA) is 15.6 Å². The summed E-state index contributed by atoms with van der Waals surface area (Å²) in [6.45, 7) is 24.5. The number of amidine groups is 1. The maximum atomic E-state index is 5.33. The summed E-state index contributed by atoms with van der Waals surface area (Å²) in [6, 6.07) is 0.290. The van der Waals surface area contributed by atoms with E-state index < -0.39 is 0 Å². The molecule has 0 aliphatic carbocycles. The molecule has 2 rings (SSSR count). The van der Waals surface area contributed by atoms with Crippen LogP contribution in [0.15, 0.2) is 16.3 Å². The van der Waals surface area contributed by atoms with Crippen molar-refractivity contribution in [2.24, 2.45) is 27.2 Å². The number of allylic oxidation sites excluding steroid dienone is 1. The minimum Gasteiger partial charge on any atom is -0.333 e. The quantitative estimate of drug-likeness (QED) is 0.577. The highest BCUT2D eigenvalue weighted by Crippen LogP contribution is 2.48. The number of rotatable bonds is 0. The molecule has 0 saturated carbocycles. The summed E-state index contributed by atoms with van der Waals surface area (Å²) in [5.41, 5.74) is 3.56. The van der Waals surface area contributed by atoms with Crippen LogP contribution in [0.5, 0.6) is 0 Å². The maximum Gasteiger partial charge on any atom is 0.109 e. The molecule has 0 aromatic carbocycles. The van der Waals surface area contributed by atoms with E-state index in [9.17, 15) is 0 Å². The molecule has 22 heavy (non-hydrogen) atoms. The molecule has 2 atom stereocenters. The standard InChI is InChI=1S/C20H36N2/c1-13-11-14-15(18(2,3)4)16(19(5,6)7)21-17(20(8,9)10)22(14)12-13/h13,16H,11-12H2,1-10H3/t13-,16+/m1/s1. The Kier molecular flexibility index (Phi) is 4.08. The molecule has 126 valence electrons. The van der Waals surface area contributed by atoms with Gasteiger partial charge in [0, 0.05) is 17.7 Å². The van der Waals surface area contributed by atoms with Crippen molar-refractivity contribution in [3.8, 4) is 0 Å². The lowest BCUT2D eigenvalue weighted by Gasteiger charge is -2.45. The minimum atomic E-state index is 0.0994. The van der Waals surface area contributed by atoms with Crippen LogP contribution in [0.1, 0.15) is 75.7 Å². The van der Waals surface area contributed by atoms with Crippen molar-refractivity contribution in [1.82, 2.24) is 4.90 Å². The Balaban J connectivity index is 2.67. The zero-order chi connectivity index (χ0) is 17.1. The first kappa shape index (κ1) is 17.6. The highest BCUT2D eigenvalue weighted by atomic mass is 15.3. The molecule has 2 heteroatoms. The van der Waals surface area contributed by atoms with Crippen LogP contribution in [0.3, 0.4) is 0 Å². The first-order valence-electron chi connectivity index (χ1n) is 8.82. The van der Waals surface area contributed by atoms with E-state index in [1.54, 1.807) is 11.3 Å². The van der Waals surface area contributed by atoms with Crippen molar-refractivity contribution in [3.63, 3.8) is 0 Å². The van der Waals surface area contributed by atoms with Crippen molar-refractivity contribution in [1.29, 1.82) is 0 Å². The highest BCUT2D eigenvalue weighted by Gasteiger charge is 2.45. The average Bonchev–Trinajstić information content (AvgIpc) is 2.62. The van der Waals surface area contributed by atoms with E-state index in [4.69, 9.17) is 4.99 Å².